The summed E-state index contributed by atoms with van der Waals surface area (Å²) in [7, 11) is 1.93. The Kier molecular flexibility index (Phi) is 2.08. The van der Waals surface area contributed by atoms with Gasteiger partial charge in [-0.25, -0.2) is 0 Å². The number of carbonyl (C=O) groups is 1. The SMILES string of the molecule is Cc1c(C=O)c2c(Cl)cccc2n1C. The number of fused-ring (bicyclic) bond motifs is 1. The Morgan fingerprint density at radius 2 is 2.14 bits per heavy atom. The fourth-order valence-electron chi connectivity index (χ4n) is 1.75. The lowest BCUT2D eigenvalue weighted by atomic mass is 10.1. The lowest BCUT2D eigenvalue weighted by Crippen LogP contribution is -1.91. The second-order valence-electron chi connectivity index (χ2n) is 3.31. The predicted molar refractivity (Wildman–Crippen MR) is 58.1 cm³/mol. The number of carbonyl (C=O) groups excluding carboxylic acids is 1. The highest BCUT2D eigenvalue weighted by atomic mass is 35.5. The molecule has 1 heterocycles. The standard InChI is InChI=1S/C11H10ClNO/c1-7-8(6-14)11-9(12)4-3-5-10(11)13(7)2/h3-6H,1-2H3. The minimum atomic E-state index is 0.633. The second kappa shape index (κ2) is 3.14. The molecule has 0 saturated carbocycles. The Labute approximate surface area is 87.1 Å². The largest absolute Gasteiger partial charge is 0.347 e. The summed E-state index contributed by atoms with van der Waals surface area (Å²) < 4.78 is 1.98. The molecule has 0 N–H and O–H groups in total. The van der Waals surface area contributed by atoms with Crippen LogP contribution in [0.1, 0.15) is 16.1 Å². The van der Waals surface area contributed by atoms with Crippen LogP contribution in [0.3, 0.4) is 0 Å². The molecular formula is C11H10ClNO. The third-order valence-corrected chi connectivity index (χ3v) is 2.95. The zero-order chi connectivity index (χ0) is 10.3. The first-order valence-corrected chi connectivity index (χ1v) is 4.73. The highest BCUT2D eigenvalue weighted by Crippen LogP contribution is 2.29. The van der Waals surface area contributed by atoms with Crippen LogP contribution in [-0.2, 0) is 7.05 Å². The Morgan fingerprint density at radius 1 is 1.43 bits per heavy atom. The van der Waals surface area contributed by atoms with E-state index < -0.39 is 0 Å². The molecule has 0 amide bonds. The van der Waals surface area contributed by atoms with Crippen molar-refractivity contribution >= 4 is 28.8 Å². The Hall–Kier alpha value is -1.28. The van der Waals surface area contributed by atoms with Crippen molar-refractivity contribution in [3.05, 3.63) is 34.5 Å². The van der Waals surface area contributed by atoms with Gasteiger partial charge < -0.3 is 4.57 Å². The van der Waals surface area contributed by atoms with Crippen LogP contribution in [-0.4, -0.2) is 10.9 Å². The third-order valence-electron chi connectivity index (χ3n) is 2.63. The molecule has 1 aromatic heterocycles. The van der Waals surface area contributed by atoms with E-state index in [9.17, 15) is 4.79 Å². The number of rotatable bonds is 1. The number of nitrogens with zero attached hydrogens (tertiary/aromatic N) is 1. The quantitative estimate of drug-likeness (QED) is 0.659. The van der Waals surface area contributed by atoms with Crippen LogP contribution in [0.2, 0.25) is 5.02 Å². The number of halogens is 1. The molecule has 0 atom stereocenters. The van der Waals surface area contributed by atoms with Gasteiger partial charge in [-0.05, 0) is 19.1 Å². The molecule has 1 aromatic carbocycles. The summed E-state index contributed by atoms with van der Waals surface area (Å²) in [6.07, 6.45) is 0.865. The molecule has 2 aromatic rings. The molecule has 72 valence electrons. The monoisotopic (exact) mass is 207 g/mol. The highest BCUT2D eigenvalue weighted by Gasteiger charge is 2.12. The first kappa shape index (κ1) is 9.28. The molecule has 2 nitrogen and oxygen atoms in total. The maximum atomic E-state index is 10.9. The van der Waals surface area contributed by atoms with E-state index in [0.717, 1.165) is 22.9 Å². The smallest absolute Gasteiger partial charge is 0.152 e. The molecule has 0 radical (unpaired) electrons. The summed E-state index contributed by atoms with van der Waals surface area (Å²) in [4.78, 5) is 10.9. The van der Waals surface area contributed by atoms with E-state index in [-0.39, 0.29) is 0 Å². The fourth-order valence-corrected chi connectivity index (χ4v) is 2.02. The van der Waals surface area contributed by atoms with Gasteiger partial charge >= 0.3 is 0 Å². The zero-order valence-corrected chi connectivity index (χ0v) is 8.80. The number of aldehydes is 1. The molecule has 0 saturated heterocycles. The number of aromatic nitrogens is 1. The number of benzene rings is 1. The summed E-state index contributed by atoms with van der Waals surface area (Å²) in [6.45, 7) is 1.92. The summed E-state index contributed by atoms with van der Waals surface area (Å²) in [5.74, 6) is 0. The lowest BCUT2D eigenvalue weighted by Gasteiger charge is -1.97. The first-order valence-electron chi connectivity index (χ1n) is 4.35. The van der Waals surface area contributed by atoms with Crippen LogP contribution in [0.5, 0.6) is 0 Å². The average molecular weight is 208 g/mol. The average Bonchev–Trinajstić information content (AvgIpc) is 2.43. The van der Waals surface area contributed by atoms with E-state index in [2.05, 4.69) is 0 Å². The van der Waals surface area contributed by atoms with Gasteiger partial charge in [-0.1, -0.05) is 17.7 Å². The van der Waals surface area contributed by atoms with Gasteiger partial charge in [0.2, 0.25) is 0 Å². The van der Waals surface area contributed by atoms with E-state index in [4.69, 9.17) is 11.6 Å². The van der Waals surface area contributed by atoms with Gasteiger partial charge in [-0.3, -0.25) is 4.79 Å². The Morgan fingerprint density at radius 3 is 2.79 bits per heavy atom. The Balaban J connectivity index is 3.03. The Bertz CT molecular complexity index is 513. The van der Waals surface area contributed by atoms with Gasteiger partial charge in [-0.15, -0.1) is 0 Å². The van der Waals surface area contributed by atoms with Crippen molar-refractivity contribution in [1.82, 2.24) is 4.57 Å². The van der Waals surface area contributed by atoms with Crippen LogP contribution in [0, 0.1) is 6.92 Å². The van der Waals surface area contributed by atoms with E-state index >= 15 is 0 Å². The zero-order valence-electron chi connectivity index (χ0n) is 8.04. The molecule has 0 fully saturated rings. The minimum absolute atomic E-state index is 0.633. The lowest BCUT2D eigenvalue weighted by molar-refractivity contribution is 0.112. The van der Waals surface area contributed by atoms with Gasteiger partial charge in [0, 0.05) is 23.7 Å². The van der Waals surface area contributed by atoms with Crippen molar-refractivity contribution < 1.29 is 4.79 Å². The maximum absolute atomic E-state index is 10.9. The van der Waals surface area contributed by atoms with E-state index in [1.807, 2.05) is 30.7 Å². The van der Waals surface area contributed by atoms with Crippen molar-refractivity contribution in [2.45, 2.75) is 6.92 Å². The maximum Gasteiger partial charge on any atom is 0.152 e. The molecule has 0 spiro atoms. The van der Waals surface area contributed by atoms with Crippen molar-refractivity contribution in [2.24, 2.45) is 7.05 Å². The van der Waals surface area contributed by atoms with Crippen LogP contribution < -0.4 is 0 Å². The van der Waals surface area contributed by atoms with Gasteiger partial charge in [0.1, 0.15) is 0 Å². The van der Waals surface area contributed by atoms with E-state index in [1.165, 1.54) is 0 Å². The molecule has 0 aliphatic heterocycles. The van der Waals surface area contributed by atoms with Crippen molar-refractivity contribution in [2.75, 3.05) is 0 Å². The van der Waals surface area contributed by atoms with Crippen molar-refractivity contribution in [1.29, 1.82) is 0 Å². The molecule has 0 unspecified atom stereocenters. The van der Waals surface area contributed by atoms with E-state index in [0.29, 0.717) is 10.6 Å². The molecule has 14 heavy (non-hydrogen) atoms. The van der Waals surface area contributed by atoms with Gasteiger partial charge in [0.05, 0.1) is 10.5 Å². The minimum Gasteiger partial charge on any atom is -0.347 e. The summed E-state index contributed by atoms with van der Waals surface area (Å²) in [5, 5.41) is 1.48. The van der Waals surface area contributed by atoms with Crippen molar-refractivity contribution in [3.63, 3.8) is 0 Å². The topological polar surface area (TPSA) is 22.0 Å². The predicted octanol–water partition coefficient (Wildman–Crippen LogP) is 2.95. The second-order valence-corrected chi connectivity index (χ2v) is 3.72. The third kappa shape index (κ3) is 1.07. The first-order chi connectivity index (χ1) is 6.66. The van der Waals surface area contributed by atoms with Crippen LogP contribution in [0.25, 0.3) is 10.9 Å². The summed E-state index contributed by atoms with van der Waals surface area (Å²) in [6, 6.07) is 5.65. The van der Waals surface area contributed by atoms with Crippen LogP contribution >= 0.6 is 11.6 Å². The van der Waals surface area contributed by atoms with Gasteiger partial charge in [-0.2, -0.15) is 0 Å². The van der Waals surface area contributed by atoms with Gasteiger partial charge in [0.25, 0.3) is 0 Å². The highest BCUT2D eigenvalue weighted by molar-refractivity contribution is 6.36. The number of aryl methyl sites for hydroxylation is 1. The van der Waals surface area contributed by atoms with Crippen LogP contribution in [0.4, 0.5) is 0 Å². The van der Waals surface area contributed by atoms with Crippen LogP contribution in [0.15, 0.2) is 18.2 Å². The summed E-state index contributed by atoms with van der Waals surface area (Å²) >= 11 is 6.05. The molecule has 2 rings (SSSR count). The number of hydrogen-bond acceptors (Lipinski definition) is 1. The van der Waals surface area contributed by atoms with Crippen molar-refractivity contribution in [3.8, 4) is 0 Å². The van der Waals surface area contributed by atoms with Gasteiger partial charge in [0.15, 0.2) is 6.29 Å². The molecule has 0 aliphatic rings. The number of hydrogen-bond donors (Lipinski definition) is 0. The molecule has 0 bridgehead atoms. The summed E-state index contributed by atoms with van der Waals surface area (Å²) in [5.41, 5.74) is 2.63. The normalized spacial score (nSPS) is 10.8. The molecular weight excluding hydrogens is 198 g/mol. The molecule has 3 heteroatoms. The fraction of sp³-hybridized carbons (Fsp3) is 0.182. The van der Waals surface area contributed by atoms with E-state index in [1.54, 1.807) is 6.07 Å². The molecule has 0 aliphatic carbocycles.